The van der Waals surface area contributed by atoms with Gasteiger partial charge in [-0.1, -0.05) is 19.3 Å². The van der Waals surface area contributed by atoms with E-state index in [1.54, 1.807) is 0 Å². The average molecular weight is 336 g/mol. The first-order valence-corrected chi connectivity index (χ1v) is 8.05. The fourth-order valence-corrected chi connectivity index (χ4v) is 3.18. The highest BCUT2D eigenvalue weighted by molar-refractivity contribution is 5.88. The molecular formula is C15H27ClFN3O2. The first-order valence-electron chi connectivity index (χ1n) is 8.05. The van der Waals surface area contributed by atoms with Crippen molar-refractivity contribution in [2.24, 2.45) is 5.92 Å². The van der Waals surface area contributed by atoms with E-state index in [0.717, 1.165) is 0 Å². The molecule has 1 aliphatic heterocycles. The summed E-state index contributed by atoms with van der Waals surface area (Å²) in [5.74, 6) is 0.334. The highest BCUT2D eigenvalue weighted by Crippen LogP contribution is 2.22. The standard InChI is InChI=1S/C15H26FN3O2.ClH/c16-6-8-19-9-7-17-13(15(19)21)10-14(20)18-11-12-4-2-1-3-5-12;/h12-13,17H,1-11H2,(H,18,20);1H. The average Bonchev–Trinajstić information content (AvgIpc) is 2.50. The maximum absolute atomic E-state index is 12.4. The predicted octanol–water partition coefficient (Wildman–Crippen LogP) is 1.26. The predicted molar refractivity (Wildman–Crippen MR) is 85.8 cm³/mol. The molecule has 1 heterocycles. The fraction of sp³-hybridized carbons (Fsp3) is 0.867. The number of rotatable bonds is 6. The van der Waals surface area contributed by atoms with E-state index in [-0.39, 0.29) is 37.2 Å². The minimum absolute atomic E-state index is 0. The number of nitrogens with zero attached hydrogens (tertiary/aromatic N) is 1. The molecule has 2 rings (SSSR count). The van der Waals surface area contributed by atoms with Gasteiger partial charge in [-0.3, -0.25) is 9.59 Å². The Kier molecular flexibility index (Phi) is 8.71. The van der Waals surface area contributed by atoms with Crippen molar-refractivity contribution >= 4 is 24.2 Å². The van der Waals surface area contributed by atoms with E-state index in [4.69, 9.17) is 0 Å². The summed E-state index contributed by atoms with van der Waals surface area (Å²) in [4.78, 5) is 25.5. The number of amides is 2. The van der Waals surface area contributed by atoms with Gasteiger partial charge in [0.25, 0.3) is 0 Å². The summed E-state index contributed by atoms with van der Waals surface area (Å²) in [6.45, 7) is 1.44. The number of hydrogen-bond acceptors (Lipinski definition) is 3. The largest absolute Gasteiger partial charge is 0.356 e. The van der Waals surface area contributed by atoms with Crippen LogP contribution in [-0.2, 0) is 9.59 Å². The molecule has 128 valence electrons. The van der Waals surface area contributed by atoms with Crippen LogP contribution in [0.1, 0.15) is 38.5 Å². The van der Waals surface area contributed by atoms with Gasteiger partial charge in [-0.2, -0.15) is 0 Å². The maximum atomic E-state index is 12.4. The van der Waals surface area contributed by atoms with Crippen LogP contribution in [0, 0.1) is 5.92 Å². The molecule has 7 heteroatoms. The first kappa shape index (κ1) is 19.2. The second kappa shape index (κ2) is 10.0. The molecule has 0 bridgehead atoms. The lowest BCUT2D eigenvalue weighted by Gasteiger charge is -2.32. The minimum atomic E-state index is -0.535. The van der Waals surface area contributed by atoms with E-state index in [9.17, 15) is 14.0 Å². The number of hydrogen-bond donors (Lipinski definition) is 2. The van der Waals surface area contributed by atoms with Crippen LogP contribution in [0.2, 0.25) is 0 Å². The number of halogens is 2. The van der Waals surface area contributed by atoms with Gasteiger partial charge < -0.3 is 15.5 Å². The zero-order valence-electron chi connectivity index (χ0n) is 13.0. The van der Waals surface area contributed by atoms with Crippen molar-refractivity contribution in [3.05, 3.63) is 0 Å². The van der Waals surface area contributed by atoms with Crippen LogP contribution >= 0.6 is 12.4 Å². The molecule has 0 radical (unpaired) electrons. The monoisotopic (exact) mass is 335 g/mol. The number of nitrogens with one attached hydrogen (secondary N) is 2. The summed E-state index contributed by atoms with van der Waals surface area (Å²) in [6.07, 6.45) is 6.32. The van der Waals surface area contributed by atoms with Crippen LogP contribution in [0.3, 0.4) is 0 Å². The summed E-state index contributed by atoms with van der Waals surface area (Å²) in [6, 6.07) is -0.503. The van der Waals surface area contributed by atoms with Gasteiger partial charge in [-0.25, -0.2) is 4.39 Å². The number of alkyl halides is 1. The van der Waals surface area contributed by atoms with Crippen molar-refractivity contribution < 1.29 is 14.0 Å². The van der Waals surface area contributed by atoms with Crippen LogP contribution in [0.5, 0.6) is 0 Å². The third-order valence-corrected chi connectivity index (χ3v) is 4.44. The van der Waals surface area contributed by atoms with E-state index in [1.807, 2.05) is 0 Å². The van der Waals surface area contributed by atoms with Crippen LogP contribution in [-0.4, -0.2) is 55.6 Å². The van der Waals surface area contributed by atoms with Crippen LogP contribution in [0.25, 0.3) is 0 Å². The molecule has 2 fully saturated rings. The van der Waals surface area contributed by atoms with Gasteiger partial charge >= 0.3 is 0 Å². The maximum Gasteiger partial charge on any atom is 0.240 e. The lowest BCUT2D eigenvalue weighted by molar-refractivity contribution is -0.138. The van der Waals surface area contributed by atoms with E-state index in [2.05, 4.69) is 10.6 Å². The van der Waals surface area contributed by atoms with Crippen molar-refractivity contribution in [1.29, 1.82) is 0 Å². The summed E-state index contributed by atoms with van der Waals surface area (Å²) < 4.78 is 12.4. The van der Waals surface area contributed by atoms with Crippen LogP contribution < -0.4 is 10.6 Å². The van der Waals surface area contributed by atoms with E-state index >= 15 is 0 Å². The number of piperazine rings is 1. The summed E-state index contributed by atoms with van der Waals surface area (Å²) in [7, 11) is 0. The molecule has 22 heavy (non-hydrogen) atoms. The van der Waals surface area contributed by atoms with Gasteiger partial charge in [0.1, 0.15) is 6.67 Å². The second-order valence-electron chi connectivity index (χ2n) is 6.03. The first-order chi connectivity index (χ1) is 10.2. The molecule has 1 aliphatic carbocycles. The lowest BCUT2D eigenvalue weighted by Crippen LogP contribution is -2.56. The summed E-state index contributed by atoms with van der Waals surface area (Å²) in [5, 5.41) is 5.99. The van der Waals surface area contributed by atoms with E-state index < -0.39 is 12.7 Å². The third-order valence-electron chi connectivity index (χ3n) is 4.44. The summed E-state index contributed by atoms with van der Waals surface area (Å²) >= 11 is 0. The molecule has 0 aromatic carbocycles. The molecule has 0 spiro atoms. The smallest absolute Gasteiger partial charge is 0.240 e. The Labute approximate surface area is 137 Å². The molecule has 0 aromatic rings. The van der Waals surface area contributed by atoms with Crippen molar-refractivity contribution in [1.82, 2.24) is 15.5 Å². The number of carbonyl (C=O) groups is 2. The van der Waals surface area contributed by atoms with Gasteiger partial charge in [-0.15, -0.1) is 12.4 Å². The molecule has 1 saturated heterocycles. The fourth-order valence-electron chi connectivity index (χ4n) is 3.18. The highest BCUT2D eigenvalue weighted by atomic mass is 35.5. The molecule has 1 unspecified atom stereocenters. The Balaban J connectivity index is 0.00000242. The normalized spacial score (nSPS) is 23.0. The molecule has 1 saturated carbocycles. The Morgan fingerprint density at radius 3 is 2.73 bits per heavy atom. The van der Waals surface area contributed by atoms with Crippen molar-refractivity contribution in [3.8, 4) is 0 Å². The molecular weight excluding hydrogens is 309 g/mol. The SMILES string of the molecule is Cl.O=C(CC1NCCN(CCF)C1=O)NCC1CCCCC1. The summed E-state index contributed by atoms with van der Waals surface area (Å²) in [5.41, 5.74) is 0. The van der Waals surface area contributed by atoms with Crippen LogP contribution in [0.15, 0.2) is 0 Å². The molecule has 1 atom stereocenters. The molecule has 2 aliphatic rings. The minimum Gasteiger partial charge on any atom is -0.356 e. The lowest BCUT2D eigenvalue weighted by atomic mass is 9.89. The van der Waals surface area contributed by atoms with Crippen molar-refractivity contribution in [2.75, 3.05) is 32.9 Å². The Hall–Kier alpha value is -0.880. The second-order valence-corrected chi connectivity index (χ2v) is 6.03. The van der Waals surface area contributed by atoms with E-state index in [1.165, 1.54) is 37.0 Å². The highest BCUT2D eigenvalue weighted by Gasteiger charge is 2.29. The third kappa shape index (κ3) is 5.72. The Bertz CT molecular complexity index is 363. The zero-order chi connectivity index (χ0) is 15.1. The van der Waals surface area contributed by atoms with Gasteiger partial charge in [0, 0.05) is 26.2 Å². The van der Waals surface area contributed by atoms with Crippen molar-refractivity contribution in [3.63, 3.8) is 0 Å². The molecule has 2 N–H and O–H groups in total. The van der Waals surface area contributed by atoms with E-state index in [0.29, 0.717) is 25.6 Å². The number of carbonyl (C=O) groups excluding carboxylic acids is 2. The Morgan fingerprint density at radius 1 is 1.32 bits per heavy atom. The zero-order valence-corrected chi connectivity index (χ0v) is 13.8. The molecule has 5 nitrogen and oxygen atoms in total. The van der Waals surface area contributed by atoms with Crippen molar-refractivity contribution in [2.45, 2.75) is 44.6 Å². The van der Waals surface area contributed by atoms with Gasteiger partial charge in [0.2, 0.25) is 11.8 Å². The van der Waals surface area contributed by atoms with Gasteiger partial charge in [0.05, 0.1) is 12.5 Å². The van der Waals surface area contributed by atoms with Gasteiger partial charge in [-0.05, 0) is 18.8 Å². The topological polar surface area (TPSA) is 61.4 Å². The quantitative estimate of drug-likeness (QED) is 0.768. The van der Waals surface area contributed by atoms with Crippen LogP contribution in [0.4, 0.5) is 4.39 Å². The Morgan fingerprint density at radius 2 is 2.05 bits per heavy atom. The van der Waals surface area contributed by atoms with Gasteiger partial charge in [0.15, 0.2) is 0 Å². The molecule has 0 aromatic heterocycles. The molecule has 2 amide bonds.